The lowest BCUT2D eigenvalue weighted by Crippen LogP contribution is -1.96. The SMILES string of the molecule is c1ccc(-c2cc(-c3cccc(-c4cccc5nc(-c6cc7ccccc7c7ccccc67)c6sc7ccccc7c6c45)c3)nc(-c3ccccc3)n2)cc1. The average Bonchev–Trinajstić information content (AvgIpc) is 3.66. The second-order valence-corrected chi connectivity index (χ2v) is 15.0. The van der Waals surface area contributed by atoms with Crippen molar-refractivity contribution < 1.29 is 0 Å². The van der Waals surface area contributed by atoms with Crippen molar-refractivity contribution in [3.8, 4) is 56.3 Å². The van der Waals surface area contributed by atoms with Crippen LogP contribution in [0, 0.1) is 0 Å². The van der Waals surface area contributed by atoms with E-state index in [1.807, 2.05) is 35.6 Å². The van der Waals surface area contributed by atoms with Crippen molar-refractivity contribution in [2.24, 2.45) is 0 Å². The van der Waals surface area contributed by atoms with E-state index in [-0.39, 0.29) is 0 Å². The molecule has 0 radical (unpaired) electrons. The number of rotatable bonds is 5. The van der Waals surface area contributed by atoms with Gasteiger partial charge in [-0.05, 0) is 63.0 Å². The molecule has 3 heterocycles. The van der Waals surface area contributed by atoms with Gasteiger partial charge in [0.05, 0.1) is 27.3 Å². The van der Waals surface area contributed by atoms with Gasteiger partial charge in [0.15, 0.2) is 5.82 Å². The molecule has 0 aliphatic carbocycles. The summed E-state index contributed by atoms with van der Waals surface area (Å²) in [5.41, 5.74) is 10.3. The Hall–Kier alpha value is -7.01. The minimum Gasteiger partial charge on any atom is -0.246 e. The largest absolute Gasteiger partial charge is 0.246 e. The molecular weight excluding hydrogens is 687 g/mol. The first-order chi connectivity index (χ1) is 27.3. The monoisotopic (exact) mass is 717 g/mol. The lowest BCUT2D eigenvalue weighted by atomic mass is 9.92. The Morgan fingerprint density at radius 1 is 0.364 bits per heavy atom. The maximum absolute atomic E-state index is 5.57. The molecule has 0 fully saturated rings. The number of thiophene rings is 1. The van der Waals surface area contributed by atoms with Gasteiger partial charge >= 0.3 is 0 Å². The van der Waals surface area contributed by atoms with E-state index in [9.17, 15) is 0 Å². The molecule has 0 atom stereocenters. The van der Waals surface area contributed by atoms with E-state index < -0.39 is 0 Å². The molecule has 3 nitrogen and oxygen atoms in total. The fraction of sp³-hybridized carbons (Fsp3) is 0. The Labute approximate surface area is 321 Å². The standard InChI is InChI=1S/C51H31N3S/c1-3-15-32(16-4-1)44-31-45(54-51(53-44)33-17-5-2-6-18-33)36-21-13-20-34(29-36)38-26-14-27-43-47(38)48-41-25-11-12-28-46(41)55-50(48)49(52-43)42-30-35-19-7-8-22-37(35)39-23-9-10-24-40(39)42/h1-31H. The van der Waals surface area contributed by atoms with Crippen molar-refractivity contribution in [2.45, 2.75) is 0 Å². The molecule has 0 saturated carbocycles. The minimum atomic E-state index is 0.705. The van der Waals surface area contributed by atoms with E-state index in [0.717, 1.165) is 56.0 Å². The van der Waals surface area contributed by atoms with Crippen LogP contribution in [-0.4, -0.2) is 15.0 Å². The van der Waals surface area contributed by atoms with Gasteiger partial charge in [0, 0.05) is 43.1 Å². The van der Waals surface area contributed by atoms with Crippen molar-refractivity contribution in [1.82, 2.24) is 15.0 Å². The zero-order chi connectivity index (χ0) is 36.3. The molecule has 0 spiro atoms. The highest BCUT2D eigenvalue weighted by Gasteiger charge is 2.21. The number of nitrogens with zero attached hydrogens (tertiary/aromatic N) is 3. The number of pyridine rings is 1. The zero-order valence-corrected chi connectivity index (χ0v) is 30.5. The first-order valence-corrected chi connectivity index (χ1v) is 19.3. The topological polar surface area (TPSA) is 38.7 Å². The second-order valence-electron chi connectivity index (χ2n) is 13.9. The third-order valence-electron chi connectivity index (χ3n) is 10.7. The maximum atomic E-state index is 5.57. The summed E-state index contributed by atoms with van der Waals surface area (Å²) in [7, 11) is 0. The number of benzene rings is 8. The van der Waals surface area contributed by atoms with Crippen LogP contribution in [0.3, 0.4) is 0 Å². The predicted octanol–water partition coefficient (Wildman–Crippen LogP) is 14.0. The Bertz CT molecular complexity index is 3200. The summed E-state index contributed by atoms with van der Waals surface area (Å²) < 4.78 is 2.46. The Morgan fingerprint density at radius 3 is 1.80 bits per heavy atom. The van der Waals surface area contributed by atoms with E-state index in [2.05, 4.69) is 164 Å². The van der Waals surface area contributed by atoms with Gasteiger partial charge in [0.25, 0.3) is 0 Å². The highest BCUT2D eigenvalue weighted by molar-refractivity contribution is 7.26. The molecule has 0 aliphatic rings. The number of aromatic nitrogens is 3. The smallest absolute Gasteiger partial charge is 0.160 e. The molecule has 0 bridgehead atoms. The van der Waals surface area contributed by atoms with E-state index in [0.29, 0.717) is 5.82 Å². The first-order valence-electron chi connectivity index (χ1n) is 18.5. The number of fused-ring (bicyclic) bond motifs is 8. The van der Waals surface area contributed by atoms with E-state index in [4.69, 9.17) is 15.0 Å². The van der Waals surface area contributed by atoms with Gasteiger partial charge in [-0.3, -0.25) is 0 Å². The molecule has 55 heavy (non-hydrogen) atoms. The summed E-state index contributed by atoms with van der Waals surface area (Å²) in [6, 6.07) is 66.5. The lowest BCUT2D eigenvalue weighted by molar-refractivity contribution is 1.18. The van der Waals surface area contributed by atoms with E-state index >= 15 is 0 Å². The summed E-state index contributed by atoms with van der Waals surface area (Å²) in [6.45, 7) is 0. The minimum absolute atomic E-state index is 0.705. The van der Waals surface area contributed by atoms with Gasteiger partial charge in [-0.15, -0.1) is 11.3 Å². The lowest BCUT2D eigenvalue weighted by Gasteiger charge is -2.15. The zero-order valence-electron chi connectivity index (χ0n) is 29.6. The Kier molecular flexibility index (Phi) is 7.35. The van der Waals surface area contributed by atoms with Gasteiger partial charge in [-0.2, -0.15) is 0 Å². The summed E-state index contributed by atoms with van der Waals surface area (Å²) in [6.07, 6.45) is 0. The van der Waals surface area contributed by atoms with Gasteiger partial charge in [0.2, 0.25) is 0 Å². The van der Waals surface area contributed by atoms with Crippen LogP contribution < -0.4 is 0 Å². The van der Waals surface area contributed by atoms with Crippen molar-refractivity contribution in [1.29, 1.82) is 0 Å². The molecule has 11 rings (SSSR count). The summed E-state index contributed by atoms with van der Waals surface area (Å²) in [5.74, 6) is 0.705. The average molecular weight is 718 g/mol. The molecule has 11 aromatic rings. The van der Waals surface area contributed by atoms with E-state index in [1.165, 1.54) is 47.1 Å². The molecule has 4 heteroatoms. The first kappa shape index (κ1) is 31.5. The summed E-state index contributed by atoms with van der Waals surface area (Å²) in [4.78, 5) is 15.8. The van der Waals surface area contributed by atoms with Crippen LogP contribution in [0.1, 0.15) is 0 Å². The third-order valence-corrected chi connectivity index (χ3v) is 11.8. The van der Waals surface area contributed by atoms with Crippen LogP contribution in [-0.2, 0) is 0 Å². The molecule has 8 aromatic carbocycles. The molecule has 0 aliphatic heterocycles. The second kappa shape index (κ2) is 12.8. The molecule has 3 aromatic heterocycles. The number of hydrogen-bond acceptors (Lipinski definition) is 4. The van der Waals surface area contributed by atoms with Gasteiger partial charge in [-0.25, -0.2) is 15.0 Å². The van der Waals surface area contributed by atoms with Gasteiger partial charge in [0.1, 0.15) is 0 Å². The fourth-order valence-electron chi connectivity index (χ4n) is 8.12. The van der Waals surface area contributed by atoms with Crippen LogP contribution in [0.5, 0.6) is 0 Å². The van der Waals surface area contributed by atoms with Crippen LogP contribution in [0.15, 0.2) is 188 Å². The van der Waals surface area contributed by atoms with Gasteiger partial charge in [-0.1, -0.05) is 158 Å². The fourth-order valence-corrected chi connectivity index (χ4v) is 9.33. The summed E-state index contributed by atoms with van der Waals surface area (Å²) >= 11 is 1.84. The highest BCUT2D eigenvalue weighted by Crippen LogP contribution is 2.47. The Morgan fingerprint density at radius 2 is 0.982 bits per heavy atom. The molecule has 0 amide bonds. The maximum Gasteiger partial charge on any atom is 0.160 e. The molecular formula is C51H31N3S. The van der Waals surface area contributed by atoms with Crippen LogP contribution >= 0.6 is 11.3 Å². The molecule has 0 N–H and O–H groups in total. The summed E-state index contributed by atoms with van der Waals surface area (Å²) in [5, 5.41) is 8.59. The van der Waals surface area contributed by atoms with Crippen molar-refractivity contribution in [3.63, 3.8) is 0 Å². The van der Waals surface area contributed by atoms with Crippen LogP contribution in [0.2, 0.25) is 0 Å². The van der Waals surface area contributed by atoms with Gasteiger partial charge < -0.3 is 0 Å². The Balaban J connectivity index is 1.15. The molecule has 0 unspecified atom stereocenters. The predicted molar refractivity (Wildman–Crippen MR) is 232 cm³/mol. The molecule has 0 saturated heterocycles. The molecule has 256 valence electrons. The highest BCUT2D eigenvalue weighted by atomic mass is 32.1. The number of hydrogen-bond donors (Lipinski definition) is 0. The van der Waals surface area contributed by atoms with E-state index in [1.54, 1.807) is 0 Å². The van der Waals surface area contributed by atoms with Crippen molar-refractivity contribution in [3.05, 3.63) is 188 Å². The third kappa shape index (κ3) is 5.30. The quantitative estimate of drug-likeness (QED) is 0.166. The van der Waals surface area contributed by atoms with Crippen molar-refractivity contribution >= 4 is 64.0 Å². The van der Waals surface area contributed by atoms with Crippen molar-refractivity contribution in [2.75, 3.05) is 0 Å². The van der Waals surface area contributed by atoms with Crippen LogP contribution in [0.25, 0.3) is 109 Å². The van der Waals surface area contributed by atoms with Crippen LogP contribution in [0.4, 0.5) is 0 Å². The normalized spacial score (nSPS) is 11.6.